The monoisotopic (exact) mass is 273 g/mol. The van der Waals surface area contributed by atoms with E-state index in [-0.39, 0.29) is 5.25 Å². The summed E-state index contributed by atoms with van der Waals surface area (Å²) in [5, 5.41) is 5.95. The second-order valence-corrected chi connectivity index (χ2v) is 6.84. The van der Waals surface area contributed by atoms with E-state index in [1.807, 2.05) is 25.2 Å². The molecule has 1 aliphatic rings. The van der Waals surface area contributed by atoms with Crippen molar-refractivity contribution in [2.45, 2.75) is 35.4 Å². The fourth-order valence-electron chi connectivity index (χ4n) is 2.98. The molecule has 2 nitrogen and oxygen atoms in total. The van der Waals surface area contributed by atoms with Gasteiger partial charge in [0.1, 0.15) is 0 Å². The summed E-state index contributed by atoms with van der Waals surface area (Å²) in [6.45, 7) is 0. The molecule has 0 spiro atoms. The van der Waals surface area contributed by atoms with Crippen LogP contribution in [-0.2, 0) is 10.8 Å². The van der Waals surface area contributed by atoms with Gasteiger partial charge >= 0.3 is 0 Å². The Morgan fingerprint density at radius 2 is 1.89 bits per heavy atom. The van der Waals surface area contributed by atoms with E-state index in [9.17, 15) is 4.21 Å². The molecule has 1 aliphatic carbocycles. The first kappa shape index (κ1) is 12.8. The second-order valence-electron chi connectivity index (χ2n) is 5.17. The Kier molecular flexibility index (Phi) is 3.67. The van der Waals surface area contributed by atoms with E-state index in [4.69, 9.17) is 0 Å². The molecular formula is C16H19NOS. The fraction of sp³-hybridized carbons (Fsp3) is 0.375. The summed E-state index contributed by atoms with van der Waals surface area (Å²) in [4.78, 5) is 0.964. The Balaban J connectivity index is 1.93. The van der Waals surface area contributed by atoms with Gasteiger partial charge in [-0.25, -0.2) is 0 Å². The first-order valence-electron chi connectivity index (χ1n) is 6.86. The topological polar surface area (TPSA) is 29.1 Å². The van der Waals surface area contributed by atoms with Gasteiger partial charge in [0, 0.05) is 10.9 Å². The maximum Gasteiger partial charge on any atom is 0.0576 e. The third-order valence-corrected chi connectivity index (χ3v) is 5.88. The molecule has 0 heterocycles. The van der Waals surface area contributed by atoms with Gasteiger partial charge < -0.3 is 5.32 Å². The van der Waals surface area contributed by atoms with Crippen molar-refractivity contribution in [2.75, 3.05) is 7.05 Å². The zero-order valence-corrected chi connectivity index (χ0v) is 12.0. The molecule has 0 aromatic heterocycles. The van der Waals surface area contributed by atoms with E-state index >= 15 is 0 Å². The van der Waals surface area contributed by atoms with Gasteiger partial charge in [-0.15, -0.1) is 0 Å². The summed E-state index contributed by atoms with van der Waals surface area (Å²) < 4.78 is 12.7. The fourth-order valence-corrected chi connectivity index (χ4v) is 4.73. The lowest BCUT2D eigenvalue weighted by Gasteiger charge is -2.18. The first-order chi connectivity index (χ1) is 9.29. The van der Waals surface area contributed by atoms with Crippen molar-refractivity contribution in [3.63, 3.8) is 0 Å². The number of hydrogen-bond donors (Lipinski definition) is 1. The molecule has 3 heteroatoms. The molecule has 0 amide bonds. The Bertz CT molecular complexity index is 610. The summed E-state index contributed by atoms with van der Waals surface area (Å²) in [5.41, 5.74) is 0. The smallest absolute Gasteiger partial charge is 0.0576 e. The van der Waals surface area contributed by atoms with Gasteiger partial charge in [-0.05, 0) is 42.8 Å². The maximum absolute atomic E-state index is 12.7. The predicted molar refractivity (Wildman–Crippen MR) is 80.8 cm³/mol. The van der Waals surface area contributed by atoms with E-state index in [2.05, 4.69) is 29.6 Å². The molecule has 2 aromatic carbocycles. The summed E-state index contributed by atoms with van der Waals surface area (Å²) >= 11 is 0. The summed E-state index contributed by atoms with van der Waals surface area (Å²) in [7, 11) is 1.07. The number of fused-ring (bicyclic) bond motifs is 1. The van der Waals surface area contributed by atoms with Crippen LogP contribution in [0.2, 0.25) is 0 Å². The Morgan fingerprint density at radius 3 is 2.68 bits per heavy atom. The van der Waals surface area contributed by atoms with Crippen LogP contribution in [0.3, 0.4) is 0 Å². The van der Waals surface area contributed by atoms with Crippen LogP contribution >= 0.6 is 0 Å². The number of benzene rings is 2. The van der Waals surface area contributed by atoms with Gasteiger partial charge in [-0.2, -0.15) is 0 Å². The summed E-state index contributed by atoms with van der Waals surface area (Å²) in [6.07, 6.45) is 3.38. The number of rotatable bonds is 3. The van der Waals surface area contributed by atoms with Gasteiger partial charge in [0.25, 0.3) is 0 Å². The Morgan fingerprint density at radius 1 is 1.11 bits per heavy atom. The lowest BCUT2D eigenvalue weighted by atomic mass is 10.1. The van der Waals surface area contributed by atoms with E-state index < -0.39 is 10.8 Å². The molecule has 0 saturated heterocycles. The van der Waals surface area contributed by atoms with Gasteiger partial charge in [0.05, 0.1) is 16.0 Å². The quantitative estimate of drug-likeness (QED) is 0.931. The number of hydrogen-bond acceptors (Lipinski definition) is 2. The molecule has 100 valence electrons. The predicted octanol–water partition coefficient (Wildman–Crippen LogP) is 3.09. The number of nitrogens with one attached hydrogen (secondary N) is 1. The molecule has 3 unspecified atom stereocenters. The first-order valence-corrected chi connectivity index (χ1v) is 8.07. The molecule has 1 saturated carbocycles. The zero-order valence-electron chi connectivity index (χ0n) is 11.1. The second kappa shape index (κ2) is 5.43. The highest BCUT2D eigenvalue weighted by molar-refractivity contribution is 7.85. The van der Waals surface area contributed by atoms with Crippen molar-refractivity contribution in [2.24, 2.45) is 0 Å². The molecule has 19 heavy (non-hydrogen) atoms. The van der Waals surface area contributed by atoms with Crippen LogP contribution in [-0.4, -0.2) is 22.5 Å². The lowest BCUT2D eigenvalue weighted by Crippen LogP contribution is -2.35. The van der Waals surface area contributed by atoms with E-state index in [0.717, 1.165) is 17.7 Å². The molecule has 3 rings (SSSR count). The molecule has 0 aliphatic heterocycles. The highest BCUT2D eigenvalue weighted by Crippen LogP contribution is 2.28. The Labute approximate surface area is 116 Å². The highest BCUT2D eigenvalue weighted by Gasteiger charge is 2.31. The Hall–Kier alpha value is -1.19. The zero-order chi connectivity index (χ0) is 13.2. The third-order valence-electron chi connectivity index (χ3n) is 4.05. The average molecular weight is 273 g/mol. The largest absolute Gasteiger partial charge is 0.316 e. The van der Waals surface area contributed by atoms with Crippen LogP contribution in [0.4, 0.5) is 0 Å². The normalized spacial score (nSPS) is 24.7. The van der Waals surface area contributed by atoms with E-state index in [0.29, 0.717) is 6.04 Å². The van der Waals surface area contributed by atoms with Crippen LogP contribution in [0.1, 0.15) is 19.3 Å². The molecule has 3 atom stereocenters. The molecule has 0 radical (unpaired) electrons. The van der Waals surface area contributed by atoms with Gasteiger partial charge in [0.15, 0.2) is 0 Å². The van der Waals surface area contributed by atoms with Crippen molar-refractivity contribution in [1.29, 1.82) is 0 Å². The molecule has 0 bridgehead atoms. The van der Waals surface area contributed by atoms with Crippen molar-refractivity contribution < 1.29 is 4.21 Å². The van der Waals surface area contributed by atoms with E-state index in [1.165, 1.54) is 17.2 Å². The van der Waals surface area contributed by atoms with E-state index in [1.54, 1.807) is 0 Å². The molecule has 1 N–H and O–H groups in total. The lowest BCUT2D eigenvalue weighted by molar-refractivity contribution is 0.576. The minimum absolute atomic E-state index is 0.256. The van der Waals surface area contributed by atoms with Gasteiger partial charge in [0.2, 0.25) is 0 Å². The molecule has 2 aromatic rings. The van der Waals surface area contributed by atoms with Gasteiger partial charge in [-0.1, -0.05) is 36.8 Å². The van der Waals surface area contributed by atoms with Crippen molar-refractivity contribution in [3.8, 4) is 0 Å². The average Bonchev–Trinajstić information content (AvgIpc) is 2.94. The SMILES string of the molecule is CNC1CCCC1S(=O)c1ccc2ccccc2c1. The van der Waals surface area contributed by atoms with Crippen LogP contribution < -0.4 is 5.32 Å². The molecule has 1 fully saturated rings. The van der Waals surface area contributed by atoms with Crippen molar-refractivity contribution >= 4 is 21.6 Å². The van der Waals surface area contributed by atoms with Crippen LogP contribution in [0.25, 0.3) is 10.8 Å². The van der Waals surface area contributed by atoms with Gasteiger partial charge in [-0.3, -0.25) is 4.21 Å². The van der Waals surface area contributed by atoms with Crippen molar-refractivity contribution in [1.82, 2.24) is 5.32 Å². The maximum atomic E-state index is 12.7. The van der Waals surface area contributed by atoms with Crippen LogP contribution in [0.15, 0.2) is 47.4 Å². The summed E-state index contributed by atoms with van der Waals surface area (Å²) in [5.74, 6) is 0. The minimum atomic E-state index is -0.907. The highest BCUT2D eigenvalue weighted by atomic mass is 32.2. The van der Waals surface area contributed by atoms with Crippen molar-refractivity contribution in [3.05, 3.63) is 42.5 Å². The van der Waals surface area contributed by atoms with Crippen LogP contribution in [0, 0.1) is 0 Å². The summed E-state index contributed by atoms with van der Waals surface area (Å²) in [6, 6.07) is 14.8. The molecular weight excluding hydrogens is 254 g/mol. The minimum Gasteiger partial charge on any atom is -0.316 e. The third kappa shape index (κ3) is 2.45. The standard InChI is InChI=1S/C16H19NOS/c1-17-15-7-4-8-16(15)19(18)14-10-9-12-5-2-3-6-13(12)11-14/h2-3,5-6,9-11,15-17H,4,7-8H2,1H3. The van der Waals surface area contributed by atoms with Crippen LogP contribution in [0.5, 0.6) is 0 Å².